The van der Waals surface area contributed by atoms with E-state index in [9.17, 15) is 0 Å². The fraction of sp³-hybridized carbons (Fsp3) is 0.0851. The Hall–Kier alpha value is -11.6. The van der Waals surface area contributed by atoms with Crippen molar-refractivity contribution in [1.82, 2.24) is 0 Å². The van der Waals surface area contributed by atoms with E-state index in [1.165, 1.54) is 111 Å². The lowest BCUT2D eigenvalue weighted by atomic mass is 9.85. The standard InChI is InChI=1S/C50H41N.C44H37N/c1-50(2,3)44-16-9-15-43(35-44)40-27-33-47(34-28-40)51(45-29-23-38(24-30-45)36-11-5-4-6-12-36)46-31-25-39(26-32-46)37-19-21-42(22-20-37)49-18-10-14-41-13-7-8-17-48(41)49;1-44(2,3)38-14-9-13-37(31-38)34-25-29-41(30-26-34)45(39-15-5-4-6-16-39)40-27-23-33(24-28-40)32-19-21-36(22-20-32)43-18-10-12-35-11-7-8-17-42(35)43/h4-35H,1-3H3;4-31H,1-3H3. The second-order valence-electron chi connectivity index (χ2n) is 27.0. The van der Waals surface area contributed by atoms with Crippen molar-refractivity contribution >= 4 is 55.7 Å². The molecule has 0 N–H and O–H groups in total. The summed E-state index contributed by atoms with van der Waals surface area (Å²) < 4.78 is 0. The Morgan fingerprint density at radius 2 is 0.406 bits per heavy atom. The van der Waals surface area contributed by atoms with Crippen molar-refractivity contribution in [2.24, 2.45) is 0 Å². The molecular formula is C94H78N2. The van der Waals surface area contributed by atoms with Crippen molar-refractivity contribution in [1.29, 1.82) is 0 Å². The van der Waals surface area contributed by atoms with Gasteiger partial charge in [-0.25, -0.2) is 0 Å². The van der Waals surface area contributed by atoms with Crippen LogP contribution in [-0.4, -0.2) is 0 Å². The number of nitrogens with zero attached hydrogens (tertiary/aromatic N) is 2. The molecule has 15 aromatic carbocycles. The number of rotatable bonds is 13. The van der Waals surface area contributed by atoms with Gasteiger partial charge in [-0.05, 0) is 194 Å². The van der Waals surface area contributed by atoms with Gasteiger partial charge in [0.1, 0.15) is 0 Å². The summed E-state index contributed by atoms with van der Waals surface area (Å²) in [6, 6.07) is 132. The molecule has 15 aromatic rings. The molecule has 0 aliphatic rings. The number of fused-ring (bicyclic) bond motifs is 2. The van der Waals surface area contributed by atoms with E-state index in [0.29, 0.717) is 0 Å². The first-order valence-corrected chi connectivity index (χ1v) is 33.4. The second-order valence-corrected chi connectivity index (χ2v) is 27.0. The van der Waals surface area contributed by atoms with Gasteiger partial charge in [0.25, 0.3) is 0 Å². The number of anilines is 6. The summed E-state index contributed by atoms with van der Waals surface area (Å²) in [6.45, 7) is 13.6. The van der Waals surface area contributed by atoms with Gasteiger partial charge in [-0.15, -0.1) is 0 Å². The average Bonchev–Trinajstić information content (AvgIpc) is 0.818. The van der Waals surface area contributed by atoms with Gasteiger partial charge in [0.2, 0.25) is 0 Å². The highest BCUT2D eigenvalue weighted by atomic mass is 15.1. The molecule has 2 nitrogen and oxygen atoms in total. The summed E-state index contributed by atoms with van der Waals surface area (Å²) in [5.74, 6) is 0. The molecule has 0 saturated heterocycles. The van der Waals surface area contributed by atoms with Crippen LogP contribution < -0.4 is 9.80 Å². The quantitative estimate of drug-likeness (QED) is 0.114. The molecule has 0 aromatic heterocycles. The van der Waals surface area contributed by atoms with Gasteiger partial charge in [0.05, 0.1) is 0 Å². The molecule has 0 saturated carbocycles. The first-order valence-electron chi connectivity index (χ1n) is 33.4. The van der Waals surface area contributed by atoms with Crippen molar-refractivity contribution in [3.05, 3.63) is 375 Å². The monoisotopic (exact) mass is 1230 g/mol. The molecule has 96 heavy (non-hydrogen) atoms. The van der Waals surface area contributed by atoms with E-state index in [1.807, 2.05) is 0 Å². The molecule has 0 aliphatic heterocycles. The number of hydrogen-bond donors (Lipinski definition) is 0. The van der Waals surface area contributed by atoms with E-state index >= 15 is 0 Å². The zero-order valence-electron chi connectivity index (χ0n) is 55.5. The van der Waals surface area contributed by atoms with Gasteiger partial charge in [-0.2, -0.15) is 0 Å². The maximum Gasteiger partial charge on any atom is 0.0462 e. The molecule has 0 fully saturated rings. The highest BCUT2D eigenvalue weighted by Gasteiger charge is 2.19. The van der Waals surface area contributed by atoms with E-state index in [1.54, 1.807) is 0 Å². The van der Waals surface area contributed by atoms with Crippen molar-refractivity contribution in [2.45, 2.75) is 52.4 Å². The summed E-state index contributed by atoms with van der Waals surface area (Å²) in [4.78, 5) is 4.67. The van der Waals surface area contributed by atoms with Crippen LogP contribution in [0.5, 0.6) is 0 Å². The number of para-hydroxylation sites is 1. The van der Waals surface area contributed by atoms with Gasteiger partial charge in [0.15, 0.2) is 0 Å². The first-order chi connectivity index (χ1) is 46.8. The number of benzene rings is 15. The molecule has 0 aliphatic carbocycles. The van der Waals surface area contributed by atoms with E-state index < -0.39 is 0 Å². The molecule has 0 spiro atoms. The van der Waals surface area contributed by atoms with Crippen LogP contribution in [0, 0.1) is 0 Å². The van der Waals surface area contributed by atoms with Gasteiger partial charge >= 0.3 is 0 Å². The summed E-state index contributed by atoms with van der Waals surface area (Å²) >= 11 is 0. The highest BCUT2D eigenvalue weighted by molar-refractivity contribution is 5.98. The van der Waals surface area contributed by atoms with Crippen LogP contribution in [0.15, 0.2) is 364 Å². The van der Waals surface area contributed by atoms with Crippen LogP contribution >= 0.6 is 0 Å². The van der Waals surface area contributed by atoms with Crippen LogP contribution in [-0.2, 0) is 10.8 Å². The minimum atomic E-state index is 0.101. The maximum absolute atomic E-state index is 2.34. The Balaban J connectivity index is 0.000000166. The third-order valence-electron chi connectivity index (χ3n) is 18.5. The van der Waals surface area contributed by atoms with Crippen molar-refractivity contribution < 1.29 is 0 Å². The van der Waals surface area contributed by atoms with Crippen molar-refractivity contribution in [3.63, 3.8) is 0 Å². The summed E-state index contributed by atoms with van der Waals surface area (Å²) in [5, 5.41) is 5.09. The van der Waals surface area contributed by atoms with Gasteiger partial charge in [-0.1, -0.05) is 333 Å². The van der Waals surface area contributed by atoms with Crippen LogP contribution in [0.25, 0.3) is 99.4 Å². The Morgan fingerprint density at radius 3 is 0.740 bits per heavy atom. The third-order valence-corrected chi connectivity index (χ3v) is 18.5. The number of hydrogen-bond acceptors (Lipinski definition) is 2. The molecule has 0 bridgehead atoms. The Kier molecular flexibility index (Phi) is 17.5. The van der Waals surface area contributed by atoms with Gasteiger partial charge in [0, 0.05) is 34.1 Å². The predicted molar refractivity (Wildman–Crippen MR) is 413 cm³/mol. The summed E-state index contributed by atoms with van der Waals surface area (Å²) in [5.41, 5.74) is 26.8. The minimum Gasteiger partial charge on any atom is -0.311 e. The zero-order valence-corrected chi connectivity index (χ0v) is 55.5. The molecule has 15 rings (SSSR count). The molecule has 0 amide bonds. The largest absolute Gasteiger partial charge is 0.311 e. The highest BCUT2D eigenvalue weighted by Crippen LogP contribution is 2.42. The molecule has 0 unspecified atom stereocenters. The smallest absolute Gasteiger partial charge is 0.0462 e. The first kappa shape index (κ1) is 61.9. The van der Waals surface area contributed by atoms with Crippen LogP contribution in [0.3, 0.4) is 0 Å². The minimum absolute atomic E-state index is 0.101. The van der Waals surface area contributed by atoms with Crippen LogP contribution in [0.4, 0.5) is 34.1 Å². The Labute approximate surface area is 567 Å². The lowest BCUT2D eigenvalue weighted by Gasteiger charge is -2.26. The van der Waals surface area contributed by atoms with Gasteiger partial charge < -0.3 is 9.80 Å². The molecular weight excluding hydrogens is 1160 g/mol. The van der Waals surface area contributed by atoms with Crippen LogP contribution in [0.1, 0.15) is 52.7 Å². The molecule has 0 radical (unpaired) electrons. The second kappa shape index (κ2) is 27.2. The van der Waals surface area contributed by atoms with E-state index in [0.717, 1.165) is 34.1 Å². The van der Waals surface area contributed by atoms with Crippen molar-refractivity contribution in [3.8, 4) is 77.9 Å². The molecule has 0 atom stereocenters. The zero-order chi connectivity index (χ0) is 65.6. The van der Waals surface area contributed by atoms with Gasteiger partial charge in [-0.3, -0.25) is 0 Å². The van der Waals surface area contributed by atoms with Crippen LogP contribution in [0.2, 0.25) is 0 Å². The topological polar surface area (TPSA) is 6.48 Å². The lowest BCUT2D eigenvalue weighted by molar-refractivity contribution is 0.590. The fourth-order valence-electron chi connectivity index (χ4n) is 13.1. The third kappa shape index (κ3) is 13.6. The summed E-state index contributed by atoms with van der Waals surface area (Å²) in [7, 11) is 0. The van der Waals surface area contributed by atoms with E-state index in [2.05, 4.69) is 415 Å². The predicted octanol–water partition coefficient (Wildman–Crippen LogP) is 26.9. The van der Waals surface area contributed by atoms with E-state index in [4.69, 9.17) is 0 Å². The SMILES string of the molecule is CC(C)(C)c1cccc(-c2ccc(N(c3ccc(-c4ccccc4)cc3)c3ccc(-c4ccc(-c5cccc6ccccc56)cc4)cc3)cc2)c1.CC(C)(C)c1cccc(-c2ccc(N(c3ccccc3)c3ccc(-c4ccc(-c5cccc6ccccc56)cc4)cc3)cc2)c1. The molecule has 464 valence electrons. The molecule has 2 heteroatoms. The summed E-state index contributed by atoms with van der Waals surface area (Å²) in [6.07, 6.45) is 0. The van der Waals surface area contributed by atoms with Crippen molar-refractivity contribution in [2.75, 3.05) is 9.80 Å². The van der Waals surface area contributed by atoms with E-state index in [-0.39, 0.29) is 10.8 Å². The Bertz CT molecular complexity index is 5090. The fourth-order valence-corrected chi connectivity index (χ4v) is 13.1. The molecule has 0 heterocycles. The average molecular weight is 1240 g/mol. The maximum atomic E-state index is 2.34. The lowest BCUT2D eigenvalue weighted by Crippen LogP contribution is -2.11. The normalized spacial score (nSPS) is 11.4. The Morgan fingerprint density at radius 1 is 0.177 bits per heavy atom.